The molecule has 2 aromatic rings. The molecule has 0 saturated carbocycles. The van der Waals surface area contributed by atoms with E-state index in [0.717, 1.165) is 19.3 Å². The summed E-state index contributed by atoms with van der Waals surface area (Å²) in [6, 6.07) is 6.02. The minimum absolute atomic E-state index is 0.0270. The average molecular weight is 445 g/mol. The highest BCUT2D eigenvalue weighted by Gasteiger charge is 2.46. The van der Waals surface area contributed by atoms with Crippen molar-refractivity contribution in [2.24, 2.45) is 5.41 Å². The van der Waals surface area contributed by atoms with Crippen LogP contribution in [0.5, 0.6) is 5.75 Å². The monoisotopic (exact) mass is 444 g/mol. The number of nitrogens with two attached hydrogens (primary N) is 1. The van der Waals surface area contributed by atoms with E-state index < -0.39 is 0 Å². The molecule has 31 heavy (non-hydrogen) atoms. The van der Waals surface area contributed by atoms with Crippen molar-refractivity contribution in [1.82, 2.24) is 15.2 Å². The number of nitrogens with zero attached hydrogens (tertiary/aromatic N) is 2. The van der Waals surface area contributed by atoms with Gasteiger partial charge in [-0.3, -0.25) is 14.6 Å². The normalized spacial score (nSPS) is 20.0. The number of nitrogen functional groups attached to an aromatic ring is 1. The van der Waals surface area contributed by atoms with Crippen molar-refractivity contribution < 1.29 is 19.4 Å². The largest absolute Gasteiger partial charge is 0.506 e. The predicted molar refractivity (Wildman–Crippen MR) is 116 cm³/mol. The van der Waals surface area contributed by atoms with Gasteiger partial charge in [-0.1, -0.05) is 11.6 Å². The number of phenolic OH excluding ortho intramolecular Hbond substituents is 1. The third-order valence-corrected chi connectivity index (χ3v) is 6.59. The fourth-order valence-corrected chi connectivity index (χ4v) is 4.59. The third kappa shape index (κ3) is 4.45. The number of aromatic nitrogens is 1. The molecule has 0 aliphatic carbocycles. The second-order valence-corrected chi connectivity index (χ2v) is 8.63. The molecule has 2 fully saturated rings. The van der Waals surface area contributed by atoms with Crippen molar-refractivity contribution >= 4 is 29.1 Å². The van der Waals surface area contributed by atoms with E-state index in [9.17, 15) is 14.7 Å². The van der Waals surface area contributed by atoms with Crippen LogP contribution < -0.4 is 11.1 Å². The molecule has 2 saturated heterocycles. The fraction of sp³-hybridized carbons (Fsp3) is 0.409. The number of likely N-dealkylation sites (tertiary alicyclic amines) is 1. The third-order valence-electron chi connectivity index (χ3n) is 6.18. The van der Waals surface area contributed by atoms with Gasteiger partial charge in [-0.25, -0.2) is 0 Å². The summed E-state index contributed by atoms with van der Waals surface area (Å²) >= 11 is 5.94. The zero-order valence-corrected chi connectivity index (χ0v) is 17.8. The molecular weight excluding hydrogens is 420 g/mol. The number of anilines is 1. The lowest BCUT2D eigenvalue weighted by molar-refractivity contribution is 0.0190. The number of phenols is 1. The lowest BCUT2D eigenvalue weighted by Gasteiger charge is -2.33. The molecule has 1 unspecified atom stereocenters. The number of carbonyl (C=O) groups is 2. The number of halogens is 1. The zero-order chi connectivity index (χ0) is 22.0. The summed E-state index contributed by atoms with van der Waals surface area (Å²) in [4.78, 5) is 31.6. The number of ether oxygens (including phenoxy) is 1. The lowest BCUT2D eigenvalue weighted by atomic mass is 9.78. The van der Waals surface area contributed by atoms with Gasteiger partial charge in [0.1, 0.15) is 10.8 Å². The summed E-state index contributed by atoms with van der Waals surface area (Å²) in [5.74, 6) is -0.712. The number of benzene rings is 1. The Balaban J connectivity index is 1.55. The van der Waals surface area contributed by atoms with E-state index >= 15 is 0 Å². The molecular formula is C22H25ClN4O4. The molecule has 3 heterocycles. The van der Waals surface area contributed by atoms with E-state index in [-0.39, 0.29) is 45.3 Å². The maximum atomic E-state index is 13.4. The van der Waals surface area contributed by atoms with Gasteiger partial charge >= 0.3 is 0 Å². The molecule has 8 nitrogen and oxygen atoms in total. The Morgan fingerprint density at radius 3 is 2.77 bits per heavy atom. The van der Waals surface area contributed by atoms with Gasteiger partial charge in [-0.2, -0.15) is 0 Å². The fourth-order valence-electron chi connectivity index (χ4n) is 4.48. The van der Waals surface area contributed by atoms with E-state index in [4.69, 9.17) is 22.1 Å². The summed E-state index contributed by atoms with van der Waals surface area (Å²) in [5.41, 5.74) is 6.69. The number of nitrogens with one attached hydrogen (secondary N) is 1. The first-order valence-electron chi connectivity index (χ1n) is 10.2. The quantitative estimate of drug-likeness (QED) is 0.623. The molecule has 1 spiro atoms. The summed E-state index contributed by atoms with van der Waals surface area (Å²) < 4.78 is 5.53. The molecule has 2 aliphatic rings. The van der Waals surface area contributed by atoms with Gasteiger partial charge in [-0.15, -0.1) is 0 Å². The summed E-state index contributed by atoms with van der Waals surface area (Å²) in [6.07, 6.45) is 5.60. The van der Waals surface area contributed by atoms with Crippen LogP contribution in [-0.2, 0) is 4.74 Å². The minimum Gasteiger partial charge on any atom is -0.506 e. The minimum atomic E-state index is -0.248. The van der Waals surface area contributed by atoms with Crippen molar-refractivity contribution in [3.63, 3.8) is 0 Å². The van der Waals surface area contributed by atoms with Gasteiger partial charge in [0, 0.05) is 50.3 Å². The van der Waals surface area contributed by atoms with Gasteiger partial charge in [0.2, 0.25) is 0 Å². The number of hydrogen-bond donors (Lipinski definition) is 3. The number of aromatic hydroxyl groups is 1. The molecule has 4 N–H and O–H groups in total. The first kappa shape index (κ1) is 21.4. The average Bonchev–Trinajstić information content (AvgIpc) is 3.13. The Hall–Kier alpha value is -2.84. The van der Waals surface area contributed by atoms with Crippen LogP contribution >= 0.6 is 11.6 Å². The number of amides is 2. The zero-order valence-electron chi connectivity index (χ0n) is 17.0. The number of carbonyl (C=O) groups excluding carboxylic acids is 2. The molecule has 2 amide bonds. The highest BCUT2D eigenvalue weighted by atomic mass is 35.5. The number of pyridine rings is 1. The van der Waals surface area contributed by atoms with E-state index in [0.29, 0.717) is 31.9 Å². The summed E-state index contributed by atoms with van der Waals surface area (Å²) in [6.45, 7) is 2.19. The lowest BCUT2D eigenvalue weighted by Crippen LogP contribution is -2.43. The Bertz CT molecular complexity index is 956. The van der Waals surface area contributed by atoms with Crippen LogP contribution in [0.25, 0.3) is 0 Å². The van der Waals surface area contributed by atoms with Crippen LogP contribution in [-0.4, -0.2) is 59.1 Å². The molecule has 0 radical (unpaired) electrons. The van der Waals surface area contributed by atoms with Gasteiger partial charge < -0.3 is 25.8 Å². The van der Waals surface area contributed by atoms with Gasteiger partial charge in [0.25, 0.3) is 11.8 Å². The van der Waals surface area contributed by atoms with Crippen LogP contribution in [0.4, 0.5) is 5.69 Å². The summed E-state index contributed by atoms with van der Waals surface area (Å²) in [5, 5.41) is 13.0. The highest BCUT2D eigenvalue weighted by Crippen LogP contribution is 2.43. The van der Waals surface area contributed by atoms with Gasteiger partial charge in [0.05, 0.1) is 11.3 Å². The predicted octanol–water partition coefficient (Wildman–Crippen LogP) is 2.46. The van der Waals surface area contributed by atoms with Crippen LogP contribution in [0.1, 0.15) is 40.0 Å². The first-order valence-corrected chi connectivity index (χ1v) is 10.6. The molecule has 1 aromatic carbocycles. The van der Waals surface area contributed by atoms with Crippen molar-refractivity contribution in [1.29, 1.82) is 0 Å². The first-order chi connectivity index (χ1) is 14.9. The van der Waals surface area contributed by atoms with Crippen LogP contribution in [0.3, 0.4) is 0 Å². The van der Waals surface area contributed by atoms with Crippen LogP contribution in [0.15, 0.2) is 36.7 Å². The number of hydrogen-bond acceptors (Lipinski definition) is 6. The Labute approximate surface area is 185 Å². The Morgan fingerprint density at radius 1 is 1.32 bits per heavy atom. The van der Waals surface area contributed by atoms with E-state index in [1.165, 1.54) is 18.3 Å². The molecule has 1 atom stereocenters. The van der Waals surface area contributed by atoms with E-state index in [1.54, 1.807) is 23.2 Å². The molecule has 0 bridgehead atoms. The standard InChI is InChI=1S/C22H25ClN4O4/c23-19-17(24)8-15(9-18(19)28)21(30)27-13-22(3-6-31-7-4-22)10-16(27)12-26-20(29)14-2-1-5-25-11-14/h1-2,5,8-9,11,16,28H,3-4,6-7,10,12-13,24H2,(H,26,29). The van der Waals surface area contributed by atoms with Crippen LogP contribution in [0, 0.1) is 5.41 Å². The smallest absolute Gasteiger partial charge is 0.254 e. The second kappa shape index (κ2) is 8.72. The highest BCUT2D eigenvalue weighted by molar-refractivity contribution is 6.34. The molecule has 9 heteroatoms. The SMILES string of the molecule is Nc1cc(C(=O)N2CC3(CCOCC3)CC2CNC(=O)c2cccnc2)cc(O)c1Cl. The molecule has 1 aromatic heterocycles. The maximum Gasteiger partial charge on any atom is 0.254 e. The second-order valence-electron chi connectivity index (χ2n) is 8.25. The maximum absolute atomic E-state index is 13.4. The van der Waals surface area contributed by atoms with Gasteiger partial charge in [-0.05, 0) is 48.9 Å². The van der Waals surface area contributed by atoms with Crippen molar-refractivity contribution in [3.8, 4) is 5.75 Å². The Morgan fingerprint density at radius 2 is 2.10 bits per heavy atom. The Kier molecular flexibility index (Phi) is 6.02. The molecule has 2 aliphatic heterocycles. The van der Waals surface area contributed by atoms with Gasteiger partial charge in [0.15, 0.2) is 0 Å². The van der Waals surface area contributed by atoms with E-state index in [1.807, 2.05) is 0 Å². The topological polar surface area (TPSA) is 118 Å². The van der Waals surface area contributed by atoms with Crippen LogP contribution in [0.2, 0.25) is 5.02 Å². The summed E-state index contributed by atoms with van der Waals surface area (Å²) in [7, 11) is 0. The van der Waals surface area contributed by atoms with Crippen molar-refractivity contribution in [2.75, 3.05) is 32.0 Å². The van der Waals surface area contributed by atoms with E-state index in [2.05, 4.69) is 10.3 Å². The molecule has 164 valence electrons. The van der Waals surface area contributed by atoms with Crippen molar-refractivity contribution in [2.45, 2.75) is 25.3 Å². The van der Waals surface area contributed by atoms with Crippen molar-refractivity contribution in [3.05, 3.63) is 52.8 Å². The number of rotatable bonds is 4. The molecule has 4 rings (SSSR count).